The first-order valence-electron chi connectivity index (χ1n) is 8.75. The average Bonchev–Trinajstić information content (AvgIpc) is 2.92. The minimum Gasteiger partial charge on any atom is -0.305 e. The molecule has 0 spiro atoms. The largest absolute Gasteiger partial charge is 0.305 e. The van der Waals surface area contributed by atoms with Crippen molar-refractivity contribution >= 4 is 27.5 Å². The highest BCUT2D eigenvalue weighted by Crippen LogP contribution is 2.26. The van der Waals surface area contributed by atoms with E-state index in [1.165, 1.54) is 12.0 Å². The molecule has 24 heavy (non-hydrogen) atoms. The number of nitrogens with zero attached hydrogens (tertiary/aromatic N) is 2. The number of benzene rings is 1. The molecule has 3 rings (SSSR count). The van der Waals surface area contributed by atoms with Gasteiger partial charge in [0, 0.05) is 5.92 Å². The molecule has 2 aromatic rings. The molecule has 0 unspecified atom stereocenters. The predicted octanol–water partition coefficient (Wildman–Crippen LogP) is 4.47. The quantitative estimate of drug-likeness (QED) is 0.759. The highest BCUT2D eigenvalue weighted by atomic mass is 32.1. The number of hydrogen-bond donors (Lipinski definition) is 0. The number of carbonyl (C=O) groups excluding carboxylic acids is 1. The minimum absolute atomic E-state index is 0.0242. The molecule has 0 N–H and O–H groups in total. The molecule has 0 radical (unpaired) electrons. The van der Waals surface area contributed by atoms with Gasteiger partial charge in [-0.3, -0.25) is 4.79 Å². The molecule has 4 heteroatoms. The number of fused-ring (bicyclic) bond motifs is 1. The molecular formula is C20H24N2OS. The number of terminal acetylenes is 1. The van der Waals surface area contributed by atoms with Crippen LogP contribution in [0.1, 0.15) is 57.4 Å². The van der Waals surface area contributed by atoms with Crippen molar-refractivity contribution in [3.8, 4) is 12.3 Å². The molecule has 126 valence electrons. The molecule has 1 heterocycles. The molecule has 1 amide bonds. The molecule has 1 fully saturated rings. The number of rotatable bonds is 3. The SMILES string of the molecule is C#CCn1c(=NC(=O)C2CCCCC2)sc2cc(C(C)C)ccc21. The Morgan fingerprint density at radius 2 is 2.12 bits per heavy atom. The molecule has 1 aliphatic carbocycles. The first-order valence-corrected chi connectivity index (χ1v) is 9.57. The third kappa shape index (κ3) is 3.47. The van der Waals surface area contributed by atoms with Crippen LogP contribution in [0.25, 0.3) is 10.2 Å². The lowest BCUT2D eigenvalue weighted by atomic mass is 9.89. The van der Waals surface area contributed by atoms with Crippen LogP contribution in [0.15, 0.2) is 23.2 Å². The molecule has 0 saturated heterocycles. The molecule has 0 aliphatic heterocycles. The van der Waals surface area contributed by atoms with Gasteiger partial charge in [0.05, 0.1) is 16.8 Å². The van der Waals surface area contributed by atoms with Crippen LogP contribution in [0.5, 0.6) is 0 Å². The van der Waals surface area contributed by atoms with Gasteiger partial charge < -0.3 is 4.57 Å². The first kappa shape index (κ1) is 17.0. The van der Waals surface area contributed by atoms with Crippen molar-refractivity contribution in [1.29, 1.82) is 0 Å². The Balaban J connectivity index is 2.05. The zero-order chi connectivity index (χ0) is 17.1. The second-order valence-corrected chi connectivity index (χ2v) is 7.85. The molecule has 1 aliphatic rings. The first-order chi connectivity index (χ1) is 11.6. The van der Waals surface area contributed by atoms with Gasteiger partial charge in [0.15, 0.2) is 4.80 Å². The van der Waals surface area contributed by atoms with E-state index in [4.69, 9.17) is 6.42 Å². The number of amides is 1. The van der Waals surface area contributed by atoms with Gasteiger partial charge in [0.25, 0.3) is 5.91 Å². The minimum atomic E-state index is 0.0242. The number of thiazole rings is 1. The lowest BCUT2D eigenvalue weighted by Crippen LogP contribution is -2.21. The monoisotopic (exact) mass is 340 g/mol. The van der Waals surface area contributed by atoms with Crippen LogP contribution in [0.2, 0.25) is 0 Å². The van der Waals surface area contributed by atoms with Crippen LogP contribution in [-0.4, -0.2) is 10.5 Å². The van der Waals surface area contributed by atoms with E-state index in [-0.39, 0.29) is 11.8 Å². The molecule has 0 atom stereocenters. The highest BCUT2D eigenvalue weighted by molar-refractivity contribution is 7.16. The van der Waals surface area contributed by atoms with Crippen LogP contribution in [0.3, 0.4) is 0 Å². The summed E-state index contributed by atoms with van der Waals surface area (Å²) in [4.78, 5) is 17.7. The summed E-state index contributed by atoms with van der Waals surface area (Å²) in [7, 11) is 0. The Labute approximate surface area is 147 Å². The van der Waals surface area contributed by atoms with Gasteiger partial charge in [0.1, 0.15) is 0 Å². The highest BCUT2D eigenvalue weighted by Gasteiger charge is 2.21. The second-order valence-electron chi connectivity index (χ2n) is 6.84. The van der Waals surface area contributed by atoms with Crippen LogP contribution in [0, 0.1) is 18.3 Å². The van der Waals surface area contributed by atoms with Crippen molar-refractivity contribution in [2.24, 2.45) is 10.9 Å². The van der Waals surface area contributed by atoms with Crippen molar-refractivity contribution < 1.29 is 4.79 Å². The van der Waals surface area contributed by atoms with Crippen LogP contribution < -0.4 is 4.80 Å². The van der Waals surface area contributed by atoms with Gasteiger partial charge in [-0.2, -0.15) is 4.99 Å². The summed E-state index contributed by atoms with van der Waals surface area (Å²) < 4.78 is 3.14. The fraction of sp³-hybridized carbons (Fsp3) is 0.500. The third-order valence-electron chi connectivity index (χ3n) is 4.78. The lowest BCUT2D eigenvalue weighted by Gasteiger charge is -2.17. The van der Waals surface area contributed by atoms with Gasteiger partial charge in [-0.25, -0.2) is 0 Å². The fourth-order valence-electron chi connectivity index (χ4n) is 3.31. The molecule has 1 saturated carbocycles. The van der Waals surface area contributed by atoms with Gasteiger partial charge in [-0.15, -0.1) is 6.42 Å². The summed E-state index contributed by atoms with van der Waals surface area (Å²) in [6.45, 7) is 4.81. The van der Waals surface area contributed by atoms with Crippen molar-refractivity contribution in [2.75, 3.05) is 0 Å². The van der Waals surface area contributed by atoms with Gasteiger partial charge >= 0.3 is 0 Å². The van der Waals surface area contributed by atoms with Crippen molar-refractivity contribution in [3.63, 3.8) is 0 Å². The zero-order valence-corrected chi connectivity index (χ0v) is 15.2. The summed E-state index contributed by atoms with van der Waals surface area (Å²) in [5, 5.41) is 0. The van der Waals surface area contributed by atoms with E-state index in [0.717, 1.165) is 40.7 Å². The maximum absolute atomic E-state index is 12.6. The Kier molecular flexibility index (Phi) is 5.20. The Morgan fingerprint density at radius 3 is 2.79 bits per heavy atom. The standard InChI is InChI=1S/C20H24N2OS/c1-4-12-22-17-11-10-16(14(2)3)13-18(17)24-20(22)21-19(23)15-8-6-5-7-9-15/h1,10-11,13-15H,5-9,12H2,2-3H3. The Hall–Kier alpha value is -1.86. The number of hydrogen-bond acceptors (Lipinski definition) is 2. The average molecular weight is 340 g/mol. The molecule has 1 aromatic carbocycles. The van der Waals surface area contributed by atoms with Gasteiger partial charge in [-0.1, -0.05) is 56.4 Å². The number of aromatic nitrogens is 1. The van der Waals surface area contributed by atoms with E-state index in [9.17, 15) is 4.79 Å². The van der Waals surface area contributed by atoms with Crippen molar-refractivity contribution in [1.82, 2.24) is 4.57 Å². The number of carbonyl (C=O) groups is 1. The summed E-state index contributed by atoms with van der Waals surface area (Å²) in [5.41, 5.74) is 2.36. The summed E-state index contributed by atoms with van der Waals surface area (Å²) in [6, 6.07) is 6.43. The van der Waals surface area contributed by atoms with Gasteiger partial charge in [0.2, 0.25) is 0 Å². The van der Waals surface area contributed by atoms with E-state index in [2.05, 4.69) is 43.0 Å². The maximum atomic E-state index is 12.6. The topological polar surface area (TPSA) is 34.4 Å². The van der Waals surface area contributed by atoms with E-state index in [1.807, 2.05) is 4.57 Å². The fourth-order valence-corrected chi connectivity index (χ4v) is 4.40. The Bertz CT molecular complexity index is 845. The summed E-state index contributed by atoms with van der Waals surface area (Å²) in [6.07, 6.45) is 11.0. The molecule has 0 bridgehead atoms. The summed E-state index contributed by atoms with van der Waals surface area (Å²) >= 11 is 1.57. The van der Waals surface area contributed by atoms with Crippen LogP contribution in [0.4, 0.5) is 0 Å². The normalized spacial score (nSPS) is 16.7. The predicted molar refractivity (Wildman–Crippen MR) is 99.9 cm³/mol. The second kappa shape index (κ2) is 7.36. The zero-order valence-electron chi connectivity index (χ0n) is 14.4. The maximum Gasteiger partial charge on any atom is 0.251 e. The summed E-state index contributed by atoms with van der Waals surface area (Å²) in [5.74, 6) is 3.28. The van der Waals surface area contributed by atoms with E-state index >= 15 is 0 Å². The van der Waals surface area contributed by atoms with E-state index < -0.39 is 0 Å². The molecule has 3 nitrogen and oxygen atoms in total. The van der Waals surface area contributed by atoms with E-state index in [0.29, 0.717) is 12.5 Å². The van der Waals surface area contributed by atoms with E-state index in [1.54, 1.807) is 11.3 Å². The molecule has 1 aromatic heterocycles. The van der Waals surface area contributed by atoms with Crippen molar-refractivity contribution in [2.45, 2.75) is 58.4 Å². The van der Waals surface area contributed by atoms with Crippen molar-refractivity contribution in [3.05, 3.63) is 28.6 Å². The van der Waals surface area contributed by atoms with Crippen LogP contribution >= 0.6 is 11.3 Å². The third-order valence-corrected chi connectivity index (χ3v) is 5.82. The van der Waals surface area contributed by atoms with Crippen LogP contribution in [-0.2, 0) is 11.3 Å². The Morgan fingerprint density at radius 1 is 1.38 bits per heavy atom. The molecular weight excluding hydrogens is 316 g/mol. The van der Waals surface area contributed by atoms with Gasteiger partial charge in [-0.05, 0) is 36.5 Å². The lowest BCUT2D eigenvalue weighted by molar-refractivity contribution is -0.122. The smallest absolute Gasteiger partial charge is 0.251 e.